The summed E-state index contributed by atoms with van der Waals surface area (Å²) in [5.74, 6) is 0. The van der Waals surface area contributed by atoms with Crippen LogP contribution in [0.3, 0.4) is 0 Å². The lowest BCUT2D eigenvalue weighted by atomic mass is 10.2. The van der Waals surface area contributed by atoms with Gasteiger partial charge in [-0.15, -0.1) is 0 Å². The molecule has 0 N–H and O–H groups in total. The molecule has 0 amide bonds. The van der Waals surface area contributed by atoms with Gasteiger partial charge >= 0.3 is 0 Å². The standard InChI is InChI=1S/C9H12N2O/c12-7-8-5-10-11(6-8)9-3-1-2-4-9/h5-7,9H,1-4H2. The van der Waals surface area contributed by atoms with E-state index in [1.54, 1.807) is 6.20 Å². The van der Waals surface area contributed by atoms with Gasteiger partial charge in [-0.05, 0) is 12.8 Å². The molecule has 2 rings (SSSR count). The summed E-state index contributed by atoms with van der Waals surface area (Å²) >= 11 is 0. The Hall–Kier alpha value is -1.12. The van der Waals surface area contributed by atoms with Crippen LogP contribution in [0.4, 0.5) is 0 Å². The van der Waals surface area contributed by atoms with Crippen molar-refractivity contribution in [3.63, 3.8) is 0 Å². The van der Waals surface area contributed by atoms with Gasteiger partial charge in [-0.3, -0.25) is 9.48 Å². The minimum Gasteiger partial charge on any atom is -0.298 e. The zero-order chi connectivity index (χ0) is 8.39. The Morgan fingerprint density at radius 3 is 2.83 bits per heavy atom. The van der Waals surface area contributed by atoms with E-state index >= 15 is 0 Å². The lowest BCUT2D eigenvalue weighted by molar-refractivity contribution is 0.112. The van der Waals surface area contributed by atoms with Gasteiger partial charge in [0.25, 0.3) is 0 Å². The Bertz CT molecular complexity index is 274. The molecule has 0 atom stereocenters. The lowest BCUT2D eigenvalue weighted by Crippen LogP contribution is -2.04. The number of hydrogen-bond donors (Lipinski definition) is 0. The highest BCUT2D eigenvalue weighted by atomic mass is 16.1. The number of nitrogens with zero attached hydrogens (tertiary/aromatic N) is 2. The third kappa shape index (κ3) is 1.26. The number of aldehydes is 1. The highest BCUT2D eigenvalue weighted by molar-refractivity contribution is 5.73. The topological polar surface area (TPSA) is 34.9 Å². The maximum Gasteiger partial charge on any atom is 0.153 e. The molecule has 0 unspecified atom stereocenters. The normalized spacial score (nSPS) is 18.3. The first-order valence-corrected chi connectivity index (χ1v) is 4.39. The molecule has 1 aliphatic rings. The first kappa shape index (κ1) is 7.53. The summed E-state index contributed by atoms with van der Waals surface area (Å²) in [5.41, 5.74) is 0.682. The SMILES string of the molecule is O=Cc1cnn(C2CCCC2)c1. The molecule has 3 nitrogen and oxygen atoms in total. The summed E-state index contributed by atoms with van der Waals surface area (Å²) < 4.78 is 1.93. The summed E-state index contributed by atoms with van der Waals surface area (Å²) in [4.78, 5) is 10.4. The van der Waals surface area contributed by atoms with Crippen molar-refractivity contribution in [3.8, 4) is 0 Å². The summed E-state index contributed by atoms with van der Waals surface area (Å²) in [6.07, 6.45) is 9.31. The fourth-order valence-electron chi connectivity index (χ4n) is 1.78. The van der Waals surface area contributed by atoms with Crippen LogP contribution in [0.5, 0.6) is 0 Å². The molecular weight excluding hydrogens is 152 g/mol. The molecule has 0 aromatic carbocycles. The number of carbonyl (C=O) groups is 1. The molecule has 0 bridgehead atoms. The quantitative estimate of drug-likeness (QED) is 0.625. The Balaban J connectivity index is 2.16. The number of hydrogen-bond acceptors (Lipinski definition) is 2. The summed E-state index contributed by atoms with van der Waals surface area (Å²) in [6, 6.07) is 0.540. The van der Waals surface area contributed by atoms with Gasteiger partial charge in [0.2, 0.25) is 0 Å². The molecule has 12 heavy (non-hydrogen) atoms. The molecule has 1 saturated carbocycles. The van der Waals surface area contributed by atoms with Gasteiger partial charge in [-0.2, -0.15) is 5.10 Å². The van der Waals surface area contributed by atoms with E-state index in [1.807, 2.05) is 10.9 Å². The molecule has 0 spiro atoms. The minimum atomic E-state index is 0.540. The molecule has 0 saturated heterocycles. The van der Waals surface area contributed by atoms with Gasteiger partial charge in [-0.25, -0.2) is 0 Å². The van der Waals surface area contributed by atoms with Gasteiger partial charge < -0.3 is 0 Å². The van der Waals surface area contributed by atoms with Crippen molar-refractivity contribution >= 4 is 6.29 Å². The van der Waals surface area contributed by atoms with Crippen molar-refractivity contribution < 1.29 is 4.79 Å². The Morgan fingerprint density at radius 1 is 1.50 bits per heavy atom. The van der Waals surface area contributed by atoms with E-state index in [-0.39, 0.29) is 0 Å². The second-order valence-corrected chi connectivity index (χ2v) is 3.31. The van der Waals surface area contributed by atoms with Gasteiger partial charge in [-0.1, -0.05) is 12.8 Å². The van der Waals surface area contributed by atoms with E-state index in [2.05, 4.69) is 5.10 Å². The van der Waals surface area contributed by atoms with Crippen molar-refractivity contribution in [1.82, 2.24) is 9.78 Å². The molecule has 1 heterocycles. The van der Waals surface area contributed by atoms with Gasteiger partial charge in [0.05, 0.1) is 17.8 Å². The molecule has 64 valence electrons. The van der Waals surface area contributed by atoms with E-state index in [1.165, 1.54) is 25.7 Å². The van der Waals surface area contributed by atoms with Crippen molar-refractivity contribution in [2.24, 2.45) is 0 Å². The van der Waals surface area contributed by atoms with Crippen LogP contribution in [-0.2, 0) is 0 Å². The molecule has 1 aromatic rings. The highest BCUT2D eigenvalue weighted by Gasteiger charge is 2.17. The van der Waals surface area contributed by atoms with Crippen LogP contribution < -0.4 is 0 Å². The molecule has 1 aliphatic carbocycles. The largest absolute Gasteiger partial charge is 0.298 e. The summed E-state index contributed by atoms with van der Waals surface area (Å²) in [7, 11) is 0. The number of carbonyl (C=O) groups excluding carboxylic acids is 1. The average molecular weight is 164 g/mol. The minimum absolute atomic E-state index is 0.540. The van der Waals surface area contributed by atoms with Crippen LogP contribution >= 0.6 is 0 Å². The van der Waals surface area contributed by atoms with Crippen LogP contribution in [0.25, 0.3) is 0 Å². The van der Waals surface area contributed by atoms with E-state index in [0.29, 0.717) is 11.6 Å². The van der Waals surface area contributed by atoms with E-state index in [9.17, 15) is 4.79 Å². The Morgan fingerprint density at radius 2 is 2.25 bits per heavy atom. The summed E-state index contributed by atoms with van der Waals surface area (Å²) in [6.45, 7) is 0. The van der Waals surface area contributed by atoms with E-state index < -0.39 is 0 Å². The molecule has 3 heteroatoms. The molecule has 1 aromatic heterocycles. The molecular formula is C9H12N2O. The Labute approximate surface area is 71.4 Å². The monoisotopic (exact) mass is 164 g/mol. The van der Waals surface area contributed by atoms with Crippen LogP contribution in [0.1, 0.15) is 42.1 Å². The Kier molecular flexibility index (Phi) is 1.94. The maximum absolute atomic E-state index is 10.4. The number of rotatable bonds is 2. The second kappa shape index (κ2) is 3.09. The highest BCUT2D eigenvalue weighted by Crippen LogP contribution is 2.28. The molecule has 0 aliphatic heterocycles. The average Bonchev–Trinajstić information content (AvgIpc) is 2.75. The summed E-state index contributed by atoms with van der Waals surface area (Å²) in [5, 5.41) is 4.15. The first-order chi connectivity index (χ1) is 5.90. The fraction of sp³-hybridized carbons (Fsp3) is 0.556. The van der Waals surface area contributed by atoms with E-state index in [0.717, 1.165) is 6.29 Å². The van der Waals surface area contributed by atoms with Crippen molar-refractivity contribution in [3.05, 3.63) is 18.0 Å². The zero-order valence-electron chi connectivity index (χ0n) is 6.94. The van der Waals surface area contributed by atoms with Gasteiger partial charge in [0.15, 0.2) is 6.29 Å². The van der Waals surface area contributed by atoms with E-state index in [4.69, 9.17) is 0 Å². The second-order valence-electron chi connectivity index (χ2n) is 3.31. The smallest absolute Gasteiger partial charge is 0.153 e. The van der Waals surface area contributed by atoms with Crippen LogP contribution in [0.15, 0.2) is 12.4 Å². The zero-order valence-corrected chi connectivity index (χ0v) is 6.94. The van der Waals surface area contributed by atoms with Crippen LogP contribution in [0.2, 0.25) is 0 Å². The maximum atomic E-state index is 10.4. The molecule has 1 fully saturated rings. The van der Waals surface area contributed by atoms with Crippen molar-refractivity contribution in [2.45, 2.75) is 31.7 Å². The molecule has 0 radical (unpaired) electrons. The fourth-order valence-corrected chi connectivity index (χ4v) is 1.78. The number of aromatic nitrogens is 2. The lowest BCUT2D eigenvalue weighted by Gasteiger charge is -2.07. The third-order valence-corrected chi connectivity index (χ3v) is 2.46. The van der Waals surface area contributed by atoms with Gasteiger partial charge in [0.1, 0.15) is 0 Å². The predicted octanol–water partition coefficient (Wildman–Crippen LogP) is 1.81. The first-order valence-electron chi connectivity index (χ1n) is 4.39. The van der Waals surface area contributed by atoms with Crippen LogP contribution in [-0.4, -0.2) is 16.1 Å². The van der Waals surface area contributed by atoms with Crippen molar-refractivity contribution in [2.75, 3.05) is 0 Å². The third-order valence-electron chi connectivity index (χ3n) is 2.46. The predicted molar refractivity (Wildman–Crippen MR) is 45.1 cm³/mol. The van der Waals surface area contributed by atoms with Crippen LogP contribution in [0, 0.1) is 0 Å². The van der Waals surface area contributed by atoms with Crippen molar-refractivity contribution in [1.29, 1.82) is 0 Å². The van der Waals surface area contributed by atoms with Gasteiger partial charge in [0, 0.05) is 6.20 Å².